The number of ether oxygens (including phenoxy) is 1. The normalized spacial score (nSPS) is 12.2. The van der Waals surface area contributed by atoms with Gasteiger partial charge in [0, 0.05) is 18.7 Å². The average Bonchev–Trinajstić information content (AvgIpc) is 2.38. The fourth-order valence-electron chi connectivity index (χ4n) is 1.38. The zero-order chi connectivity index (χ0) is 14.4. The number of halogens is 1. The number of carbonyl (C=O) groups is 2. The van der Waals surface area contributed by atoms with Gasteiger partial charge in [0.25, 0.3) is 5.91 Å². The van der Waals surface area contributed by atoms with Crippen LogP contribution < -0.4 is 10.1 Å². The number of carbonyl (C=O) groups excluding carboxylic acids is 1. The van der Waals surface area contributed by atoms with Crippen molar-refractivity contribution in [1.29, 1.82) is 0 Å². The molecule has 0 fully saturated rings. The second kappa shape index (κ2) is 6.53. The summed E-state index contributed by atoms with van der Waals surface area (Å²) in [6.45, 7) is 1.47. The fourth-order valence-corrected chi connectivity index (χ4v) is 1.38. The Morgan fingerprint density at radius 1 is 1.47 bits per heavy atom. The lowest BCUT2D eigenvalue weighted by Gasteiger charge is -2.15. The summed E-state index contributed by atoms with van der Waals surface area (Å²) >= 11 is 0. The van der Waals surface area contributed by atoms with E-state index in [1.807, 2.05) is 0 Å². The molecular weight excluding hydrogens is 253 g/mol. The molecule has 1 amide bonds. The number of benzene rings is 1. The number of nitrogens with one attached hydrogen (secondary N) is 1. The van der Waals surface area contributed by atoms with E-state index in [-0.39, 0.29) is 11.3 Å². The van der Waals surface area contributed by atoms with Crippen LogP contribution in [0.3, 0.4) is 0 Å². The molecule has 0 spiro atoms. The van der Waals surface area contributed by atoms with Crippen LogP contribution in [0.25, 0.3) is 6.08 Å². The van der Waals surface area contributed by atoms with Crippen LogP contribution >= 0.6 is 0 Å². The fraction of sp³-hybridized carbons (Fsp3) is 0.231. The Hall–Kier alpha value is -2.37. The van der Waals surface area contributed by atoms with E-state index in [4.69, 9.17) is 9.84 Å². The minimum Gasteiger partial charge on any atom is -0.478 e. The summed E-state index contributed by atoms with van der Waals surface area (Å²) in [5.41, 5.74) is 0.248. The SMILES string of the molecule is CNC(=O)C(C)Oc1c(F)cccc1/C=C/C(=O)O. The molecule has 0 bridgehead atoms. The number of para-hydroxylation sites is 1. The van der Waals surface area contributed by atoms with E-state index in [0.29, 0.717) is 0 Å². The number of rotatable bonds is 5. The summed E-state index contributed by atoms with van der Waals surface area (Å²) in [4.78, 5) is 21.8. The van der Waals surface area contributed by atoms with E-state index < -0.39 is 23.8 Å². The van der Waals surface area contributed by atoms with E-state index >= 15 is 0 Å². The van der Waals surface area contributed by atoms with Gasteiger partial charge in [0.2, 0.25) is 0 Å². The summed E-state index contributed by atoms with van der Waals surface area (Å²) in [6.07, 6.45) is 1.18. The summed E-state index contributed by atoms with van der Waals surface area (Å²) in [6, 6.07) is 4.09. The first-order valence-corrected chi connectivity index (χ1v) is 5.53. The van der Waals surface area contributed by atoms with Crippen molar-refractivity contribution in [1.82, 2.24) is 5.32 Å². The smallest absolute Gasteiger partial charge is 0.328 e. The molecule has 0 aliphatic heterocycles. The van der Waals surface area contributed by atoms with Crippen LogP contribution in [-0.4, -0.2) is 30.1 Å². The predicted molar refractivity (Wildman–Crippen MR) is 67.2 cm³/mol. The first-order chi connectivity index (χ1) is 8.95. The lowest BCUT2D eigenvalue weighted by atomic mass is 10.1. The highest BCUT2D eigenvalue weighted by Gasteiger charge is 2.17. The third kappa shape index (κ3) is 4.09. The number of aliphatic carboxylic acids is 1. The Morgan fingerprint density at radius 3 is 2.74 bits per heavy atom. The van der Waals surface area contributed by atoms with Gasteiger partial charge in [0.1, 0.15) is 0 Å². The molecule has 0 radical (unpaired) electrons. The molecule has 0 aromatic heterocycles. The molecule has 1 atom stereocenters. The zero-order valence-electron chi connectivity index (χ0n) is 10.5. The maximum atomic E-state index is 13.7. The van der Waals surface area contributed by atoms with E-state index in [2.05, 4.69) is 5.32 Å². The third-order valence-electron chi connectivity index (χ3n) is 2.31. The topological polar surface area (TPSA) is 75.6 Å². The molecule has 19 heavy (non-hydrogen) atoms. The van der Waals surface area contributed by atoms with Crippen LogP contribution in [0.2, 0.25) is 0 Å². The van der Waals surface area contributed by atoms with Crippen molar-refractivity contribution < 1.29 is 23.8 Å². The van der Waals surface area contributed by atoms with Crippen molar-refractivity contribution in [3.63, 3.8) is 0 Å². The molecule has 0 saturated carbocycles. The van der Waals surface area contributed by atoms with E-state index in [1.54, 1.807) is 0 Å². The quantitative estimate of drug-likeness (QED) is 0.791. The number of hydrogen-bond acceptors (Lipinski definition) is 3. The summed E-state index contributed by atoms with van der Waals surface area (Å²) in [7, 11) is 1.44. The van der Waals surface area contributed by atoms with E-state index in [9.17, 15) is 14.0 Å². The highest BCUT2D eigenvalue weighted by Crippen LogP contribution is 2.25. The Balaban J connectivity index is 3.04. The summed E-state index contributed by atoms with van der Waals surface area (Å²) in [5.74, 6) is -2.38. The number of likely N-dealkylation sites (N-methyl/N-ethyl adjacent to an activating group) is 1. The minimum atomic E-state index is -1.16. The lowest BCUT2D eigenvalue weighted by molar-refractivity contribution is -0.131. The molecular formula is C13H14FNO4. The van der Waals surface area contributed by atoms with Gasteiger partial charge < -0.3 is 15.2 Å². The Kier molecular flexibility index (Phi) is 5.05. The van der Waals surface area contributed by atoms with Gasteiger partial charge in [-0.3, -0.25) is 4.79 Å². The molecule has 1 rings (SSSR count). The van der Waals surface area contributed by atoms with E-state index in [1.165, 1.54) is 38.2 Å². The molecule has 0 aliphatic rings. The van der Waals surface area contributed by atoms with Crippen LogP contribution in [0.1, 0.15) is 12.5 Å². The van der Waals surface area contributed by atoms with Crippen molar-refractivity contribution >= 4 is 18.0 Å². The predicted octanol–water partition coefficient (Wildman–Crippen LogP) is 1.44. The van der Waals surface area contributed by atoms with Crippen molar-refractivity contribution in [2.24, 2.45) is 0 Å². The van der Waals surface area contributed by atoms with Crippen molar-refractivity contribution in [3.05, 3.63) is 35.7 Å². The average molecular weight is 267 g/mol. The van der Waals surface area contributed by atoms with Gasteiger partial charge in [-0.05, 0) is 19.1 Å². The van der Waals surface area contributed by atoms with Crippen molar-refractivity contribution in [3.8, 4) is 5.75 Å². The summed E-state index contributed by atoms with van der Waals surface area (Å²) < 4.78 is 18.9. The van der Waals surface area contributed by atoms with Gasteiger partial charge in [-0.15, -0.1) is 0 Å². The number of amides is 1. The van der Waals surface area contributed by atoms with Gasteiger partial charge >= 0.3 is 5.97 Å². The maximum Gasteiger partial charge on any atom is 0.328 e. The number of carboxylic acid groups (broad SMARTS) is 1. The molecule has 0 heterocycles. The Bertz CT molecular complexity index is 513. The molecule has 5 nitrogen and oxygen atoms in total. The highest BCUT2D eigenvalue weighted by molar-refractivity contribution is 5.86. The molecule has 0 aliphatic carbocycles. The second-order valence-corrected chi connectivity index (χ2v) is 3.70. The lowest BCUT2D eigenvalue weighted by Crippen LogP contribution is -2.34. The Morgan fingerprint density at radius 2 is 2.16 bits per heavy atom. The number of carboxylic acids is 1. The largest absolute Gasteiger partial charge is 0.478 e. The van der Waals surface area contributed by atoms with Gasteiger partial charge in [-0.1, -0.05) is 12.1 Å². The first-order valence-electron chi connectivity index (χ1n) is 5.53. The van der Waals surface area contributed by atoms with Crippen LogP contribution in [-0.2, 0) is 9.59 Å². The minimum absolute atomic E-state index is 0.156. The van der Waals surface area contributed by atoms with Crippen LogP contribution in [0.4, 0.5) is 4.39 Å². The highest BCUT2D eigenvalue weighted by atomic mass is 19.1. The van der Waals surface area contributed by atoms with Gasteiger partial charge in [-0.2, -0.15) is 0 Å². The Labute approximate surface area is 109 Å². The molecule has 102 valence electrons. The second-order valence-electron chi connectivity index (χ2n) is 3.70. The van der Waals surface area contributed by atoms with E-state index in [0.717, 1.165) is 6.08 Å². The molecule has 0 saturated heterocycles. The molecule has 6 heteroatoms. The molecule has 1 aromatic carbocycles. The first kappa shape index (κ1) is 14.7. The molecule has 1 aromatic rings. The maximum absolute atomic E-state index is 13.7. The summed E-state index contributed by atoms with van der Waals surface area (Å²) in [5, 5.41) is 10.9. The van der Waals surface area contributed by atoms with Gasteiger partial charge in [0.15, 0.2) is 17.7 Å². The zero-order valence-corrected chi connectivity index (χ0v) is 10.5. The number of hydrogen-bond donors (Lipinski definition) is 2. The van der Waals surface area contributed by atoms with Crippen LogP contribution in [0.15, 0.2) is 24.3 Å². The van der Waals surface area contributed by atoms with Crippen molar-refractivity contribution in [2.45, 2.75) is 13.0 Å². The molecule has 1 unspecified atom stereocenters. The van der Waals surface area contributed by atoms with Gasteiger partial charge in [-0.25, -0.2) is 9.18 Å². The van der Waals surface area contributed by atoms with Crippen molar-refractivity contribution in [2.75, 3.05) is 7.05 Å². The van der Waals surface area contributed by atoms with Crippen LogP contribution in [0, 0.1) is 5.82 Å². The van der Waals surface area contributed by atoms with Gasteiger partial charge in [0.05, 0.1) is 0 Å². The monoisotopic (exact) mass is 267 g/mol. The standard InChI is InChI=1S/C13H14FNO4/c1-8(13(18)15-2)19-12-9(6-7-11(16)17)4-3-5-10(12)14/h3-8H,1-2H3,(H,15,18)(H,16,17)/b7-6+. The molecule has 2 N–H and O–H groups in total. The van der Waals surface area contributed by atoms with Crippen LogP contribution in [0.5, 0.6) is 5.75 Å². The third-order valence-corrected chi connectivity index (χ3v) is 2.31.